The van der Waals surface area contributed by atoms with E-state index < -0.39 is 0 Å². The molecule has 0 spiro atoms. The largest absolute Gasteiger partial charge is 0.366 e. The summed E-state index contributed by atoms with van der Waals surface area (Å²) in [6.45, 7) is 3.68. The van der Waals surface area contributed by atoms with E-state index in [1.807, 2.05) is 15.9 Å². The first kappa shape index (κ1) is 18.1. The van der Waals surface area contributed by atoms with Crippen molar-refractivity contribution >= 4 is 17.6 Å². The summed E-state index contributed by atoms with van der Waals surface area (Å²) in [6.07, 6.45) is 3.83. The van der Waals surface area contributed by atoms with E-state index in [0.717, 1.165) is 32.2 Å². The van der Waals surface area contributed by atoms with Crippen LogP contribution in [0.4, 0.5) is 14.9 Å². The van der Waals surface area contributed by atoms with Gasteiger partial charge < -0.3 is 20.0 Å². The van der Waals surface area contributed by atoms with E-state index in [4.69, 9.17) is 0 Å². The summed E-state index contributed by atoms with van der Waals surface area (Å²) in [5.74, 6) is -0.210. The average Bonchev–Trinajstić information content (AvgIpc) is 3.52. The maximum absolute atomic E-state index is 14.0. The number of halogens is 1. The number of urea groups is 1. The second kappa shape index (κ2) is 7.74. The summed E-state index contributed by atoms with van der Waals surface area (Å²) in [4.78, 5) is 30.9. The van der Waals surface area contributed by atoms with Crippen molar-refractivity contribution in [1.29, 1.82) is 0 Å². The fraction of sp³-hybridized carbons (Fsp3) is 0.600. The van der Waals surface area contributed by atoms with Gasteiger partial charge in [0.15, 0.2) is 0 Å². The Morgan fingerprint density at radius 1 is 0.963 bits per heavy atom. The van der Waals surface area contributed by atoms with Crippen molar-refractivity contribution in [2.75, 3.05) is 44.2 Å². The number of rotatable bonds is 3. The van der Waals surface area contributed by atoms with Crippen LogP contribution in [0.5, 0.6) is 0 Å². The van der Waals surface area contributed by atoms with E-state index in [1.165, 1.54) is 6.07 Å². The third kappa shape index (κ3) is 4.17. The lowest BCUT2D eigenvalue weighted by atomic mass is 9.96. The van der Waals surface area contributed by atoms with Gasteiger partial charge in [0.2, 0.25) is 5.91 Å². The maximum Gasteiger partial charge on any atom is 0.317 e. The van der Waals surface area contributed by atoms with Crippen molar-refractivity contribution in [3.8, 4) is 0 Å². The number of nitrogens with one attached hydrogen (secondary N) is 1. The van der Waals surface area contributed by atoms with Gasteiger partial charge in [-0.05, 0) is 37.8 Å². The number of nitrogens with zero attached hydrogens (tertiary/aromatic N) is 3. The van der Waals surface area contributed by atoms with Gasteiger partial charge in [-0.1, -0.05) is 12.1 Å². The van der Waals surface area contributed by atoms with Gasteiger partial charge in [-0.3, -0.25) is 4.79 Å². The summed E-state index contributed by atoms with van der Waals surface area (Å²) in [5.41, 5.74) is 0.602. The molecule has 1 aromatic carbocycles. The Morgan fingerprint density at radius 3 is 2.41 bits per heavy atom. The van der Waals surface area contributed by atoms with E-state index in [2.05, 4.69) is 5.32 Å². The zero-order valence-electron chi connectivity index (χ0n) is 15.6. The molecular formula is C20H27FN4O2. The minimum atomic E-state index is -0.220. The topological polar surface area (TPSA) is 55.9 Å². The van der Waals surface area contributed by atoms with E-state index in [9.17, 15) is 14.0 Å². The number of carbonyl (C=O) groups is 2. The molecule has 2 aliphatic heterocycles. The highest BCUT2D eigenvalue weighted by atomic mass is 19.1. The summed E-state index contributed by atoms with van der Waals surface area (Å²) in [6, 6.07) is 7.08. The number of hydrogen-bond donors (Lipinski definition) is 1. The Bertz CT molecular complexity index is 701. The summed E-state index contributed by atoms with van der Waals surface area (Å²) < 4.78 is 14.0. The monoisotopic (exact) mass is 374 g/mol. The predicted octanol–water partition coefficient (Wildman–Crippen LogP) is 2.06. The van der Waals surface area contributed by atoms with Crippen LogP contribution in [0.15, 0.2) is 24.3 Å². The number of piperidine rings is 1. The molecule has 0 aromatic heterocycles. The van der Waals surface area contributed by atoms with Gasteiger partial charge >= 0.3 is 6.03 Å². The molecule has 2 saturated heterocycles. The van der Waals surface area contributed by atoms with E-state index in [0.29, 0.717) is 44.5 Å². The molecule has 1 unspecified atom stereocenters. The number of likely N-dealkylation sites (tertiary alicyclic amines) is 1. The molecule has 1 N–H and O–H groups in total. The molecule has 146 valence electrons. The minimum absolute atomic E-state index is 0.0284. The van der Waals surface area contributed by atoms with Gasteiger partial charge in [-0.15, -0.1) is 0 Å². The van der Waals surface area contributed by atoms with Crippen molar-refractivity contribution in [1.82, 2.24) is 15.1 Å². The highest BCUT2D eigenvalue weighted by Gasteiger charge is 2.34. The fourth-order valence-electron chi connectivity index (χ4n) is 3.99. The van der Waals surface area contributed by atoms with Crippen LogP contribution >= 0.6 is 0 Å². The molecule has 27 heavy (non-hydrogen) atoms. The maximum atomic E-state index is 14.0. The molecule has 0 radical (unpaired) electrons. The van der Waals surface area contributed by atoms with Crippen molar-refractivity contribution in [3.63, 3.8) is 0 Å². The summed E-state index contributed by atoms with van der Waals surface area (Å²) in [7, 11) is 0. The molecule has 3 amide bonds. The number of benzene rings is 1. The van der Waals surface area contributed by atoms with Crippen molar-refractivity contribution in [2.24, 2.45) is 5.92 Å². The van der Waals surface area contributed by atoms with Crippen LogP contribution in [0.3, 0.4) is 0 Å². The second-order valence-electron chi connectivity index (χ2n) is 7.77. The third-order valence-electron chi connectivity index (χ3n) is 5.75. The summed E-state index contributed by atoms with van der Waals surface area (Å²) >= 11 is 0. The van der Waals surface area contributed by atoms with Crippen LogP contribution in [0.2, 0.25) is 0 Å². The highest BCUT2D eigenvalue weighted by molar-refractivity contribution is 5.81. The lowest BCUT2D eigenvalue weighted by Gasteiger charge is -2.39. The molecule has 3 aliphatic rings. The molecule has 1 aromatic rings. The van der Waals surface area contributed by atoms with Crippen LogP contribution in [0.25, 0.3) is 0 Å². The minimum Gasteiger partial charge on any atom is -0.366 e. The molecule has 1 saturated carbocycles. The quantitative estimate of drug-likeness (QED) is 0.881. The van der Waals surface area contributed by atoms with Crippen LogP contribution in [-0.4, -0.2) is 67.0 Å². The Kier molecular flexibility index (Phi) is 5.18. The van der Waals surface area contributed by atoms with E-state index in [-0.39, 0.29) is 23.7 Å². The zero-order valence-corrected chi connectivity index (χ0v) is 15.6. The lowest BCUT2D eigenvalue weighted by molar-refractivity contribution is -0.137. The fourth-order valence-corrected chi connectivity index (χ4v) is 3.99. The average molecular weight is 374 g/mol. The third-order valence-corrected chi connectivity index (χ3v) is 5.75. The van der Waals surface area contributed by atoms with Gasteiger partial charge in [0.05, 0.1) is 11.6 Å². The van der Waals surface area contributed by atoms with Crippen molar-refractivity contribution in [2.45, 2.75) is 31.7 Å². The van der Waals surface area contributed by atoms with E-state index in [1.54, 1.807) is 17.0 Å². The molecule has 2 heterocycles. The molecule has 3 fully saturated rings. The lowest BCUT2D eigenvalue weighted by Crippen LogP contribution is -2.54. The molecule has 1 aliphatic carbocycles. The van der Waals surface area contributed by atoms with Gasteiger partial charge in [0.25, 0.3) is 0 Å². The number of amides is 3. The Hall–Kier alpha value is -2.31. The first-order valence-electron chi connectivity index (χ1n) is 9.95. The molecule has 7 heteroatoms. The van der Waals surface area contributed by atoms with Gasteiger partial charge in [0.1, 0.15) is 5.82 Å². The van der Waals surface area contributed by atoms with Gasteiger partial charge in [0, 0.05) is 45.3 Å². The Morgan fingerprint density at radius 2 is 1.70 bits per heavy atom. The Balaban J connectivity index is 1.31. The molecular weight excluding hydrogens is 347 g/mol. The highest BCUT2D eigenvalue weighted by Crippen LogP contribution is 2.24. The Labute approximate surface area is 159 Å². The first-order valence-corrected chi connectivity index (χ1v) is 9.95. The van der Waals surface area contributed by atoms with Gasteiger partial charge in [-0.2, -0.15) is 0 Å². The number of carbonyl (C=O) groups excluding carboxylic acids is 2. The molecule has 1 atom stereocenters. The van der Waals surface area contributed by atoms with Crippen LogP contribution in [-0.2, 0) is 4.79 Å². The van der Waals surface area contributed by atoms with Gasteiger partial charge in [-0.25, -0.2) is 9.18 Å². The number of piperazine rings is 1. The smallest absolute Gasteiger partial charge is 0.317 e. The molecule has 4 rings (SSSR count). The van der Waals surface area contributed by atoms with Crippen LogP contribution < -0.4 is 10.2 Å². The standard InChI is InChI=1S/C20H27FN4O2/c21-17-5-1-2-6-18(17)23-10-12-24(13-11-23)19(26)15-4-3-9-25(14-15)20(27)22-16-7-8-16/h1-2,5-6,15-16H,3-4,7-14H2,(H,22,27). The number of anilines is 1. The zero-order chi connectivity index (χ0) is 18.8. The van der Waals surface area contributed by atoms with E-state index >= 15 is 0 Å². The molecule has 0 bridgehead atoms. The van der Waals surface area contributed by atoms with Crippen LogP contribution in [0.1, 0.15) is 25.7 Å². The SMILES string of the molecule is O=C(NC1CC1)N1CCCC(C(=O)N2CCN(c3ccccc3F)CC2)C1. The van der Waals surface area contributed by atoms with Crippen molar-refractivity contribution in [3.05, 3.63) is 30.1 Å². The second-order valence-corrected chi connectivity index (χ2v) is 7.77. The summed E-state index contributed by atoms with van der Waals surface area (Å²) in [5, 5.41) is 3.01. The normalized spacial score (nSPS) is 23.3. The van der Waals surface area contributed by atoms with Crippen molar-refractivity contribution < 1.29 is 14.0 Å². The predicted molar refractivity (Wildman–Crippen MR) is 101 cm³/mol. The number of para-hydroxylation sites is 1. The van der Waals surface area contributed by atoms with Crippen LogP contribution in [0, 0.1) is 11.7 Å². The number of hydrogen-bond acceptors (Lipinski definition) is 3. The first-order chi connectivity index (χ1) is 13.1. The molecule has 6 nitrogen and oxygen atoms in total.